The summed E-state index contributed by atoms with van der Waals surface area (Å²) in [6.07, 6.45) is -5.09. The minimum absolute atomic E-state index is 0.300. The summed E-state index contributed by atoms with van der Waals surface area (Å²) in [5.41, 5.74) is -0.328. The van der Waals surface area contributed by atoms with Crippen molar-refractivity contribution in [2.75, 3.05) is 5.75 Å². The second-order valence-corrected chi connectivity index (χ2v) is 10.7. The van der Waals surface area contributed by atoms with Crippen molar-refractivity contribution in [2.45, 2.75) is 75.3 Å². The number of carbonyl (C=O) groups excluding carboxylic acids is 2. The monoisotopic (exact) mass is 455 g/mol. The molecule has 1 aromatic rings. The average molecular weight is 455 g/mol. The Morgan fingerprint density at radius 1 is 1.16 bits per heavy atom. The van der Waals surface area contributed by atoms with Crippen molar-refractivity contribution in [3.05, 3.63) is 23.8 Å². The summed E-state index contributed by atoms with van der Waals surface area (Å²) in [4.78, 5) is 25.1. The highest BCUT2D eigenvalue weighted by Crippen LogP contribution is 2.51. The number of amides is 1. The Morgan fingerprint density at radius 3 is 2.32 bits per heavy atom. The number of fused-ring (bicyclic) bond motifs is 1. The molecule has 0 bridgehead atoms. The van der Waals surface area contributed by atoms with Gasteiger partial charge in [0.15, 0.2) is 0 Å². The third-order valence-electron chi connectivity index (χ3n) is 6.80. The Hall–Kier alpha value is -1.52. The summed E-state index contributed by atoms with van der Waals surface area (Å²) in [6, 6.07) is 5.47. The van der Waals surface area contributed by atoms with Crippen molar-refractivity contribution in [2.24, 2.45) is 5.41 Å². The van der Waals surface area contributed by atoms with Crippen LogP contribution in [0.25, 0.3) is 0 Å². The smallest absolute Gasteiger partial charge is 0.399 e. The van der Waals surface area contributed by atoms with Crippen LogP contribution in [0.15, 0.2) is 23.1 Å². The number of nitrogens with one attached hydrogen (secondary N) is 1. The predicted octanol–water partition coefficient (Wildman–Crippen LogP) is 3.55. The van der Waals surface area contributed by atoms with Crippen molar-refractivity contribution in [1.82, 2.24) is 5.32 Å². The molecule has 1 saturated heterocycles. The zero-order valence-electron chi connectivity index (χ0n) is 17.9. The van der Waals surface area contributed by atoms with Crippen molar-refractivity contribution in [3.8, 4) is 0 Å². The van der Waals surface area contributed by atoms with E-state index in [9.17, 15) is 22.8 Å². The van der Waals surface area contributed by atoms with E-state index in [1.807, 2.05) is 45.9 Å². The first-order valence-electron chi connectivity index (χ1n) is 10.3. The fraction of sp³-hybridized carbons (Fsp3) is 0.619. The van der Waals surface area contributed by atoms with Gasteiger partial charge in [-0.2, -0.15) is 13.2 Å². The molecule has 0 radical (unpaired) electrons. The fourth-order valence-corrected chi connectivity index (χ4v) is 5.03. The number of thioether (sulfide) groups is 1. The Bertz CT molecular complexity index is 914. The molecule has 0 spiro atoms. The predicted molar refractivity (Wildman–Crippen MR) is 111 cm³/mol. The molecule has 31 heavy (non-hydrogen) atoms. The molecular weight excluding hydrogens is 430 g/mol. The maximum absolute atomic E-state index is 12.7. The maximum Gasteiger partial charge on any atom is 0.494 e. The largest absolute Gasteiger partial charge is 0.494 e. The van der Waals surface area contributed by atoms with Gasteiger partial charge in [0, 0.05) is 17.1 Å². The van der Waals surface area contributed by atoms with Crippen molar-refractivity contribution in [1.29, 1.82) is 0 Å². The topological polar surface area (TPSA) is 64.6 Å². The molecule has 1 saturated carbocycles. The lowest BCUT2D eigenvalue weighted by Crippen LogP contribution is -2.41. The van der Waals surface area contributed by atoms with E-state index >= 15 is 0 Å². The molecule has 1 N–H and O–H groups in total. The van der Waals surface area contributed by atoms with Gasteiger partial charge >= 0.3 is 13.3 Å². The molecule has 0 aromatic heterocycles. The van der Waals surface area contributed by atoms with Crippen LogP contribution in [0.3, 0.4) is 0 Å². The third-order valence-corrected chi connectivity index (χ3v) is 7.96. The van der Waals surface area contributed by atoms with Gasteiger partial charge in [0.25, 0.3) is 0 Å². The van der Waals surface area contributed by atoms with E-state index < -0.39 is 48.0 Å². The summed E-state index contributed by atoms with van der Waals surface area (Å²) in [6.45, 7) is 7.94. The van der Waals surface area contributed by atoms with E-state index in [0.717, 1.165) is 15.9 Å². The zero-order valence-corrected chi connectivity index (χ0v) is 18.7. The van der Waals surface area contributed by atoms with Gasteiger partial charge in [0.05, 0.1) is 22.7 Å². The van der Waals surface area contributed by atoms with Crippen LogP contribution in [-0.4, -0.2) is 41.9 Å². The van der Waals surface area contributed by atoms with Crippen molar-refractivity contribution in [3.63, 3.8) is 0 Å². The SMILES string of the molecule is CC1(C)OB(c2ccc3c(c2)SCC3NC(=O)C2(CC(=O)C(F)(F)F)CC2)OC1(C)C. The number of hydrogen-bond donors (Lipinski definition) is 1. The van der Waals surface area contributed by atoms with Gasteiger partial charge in [0.1, 0.15) is 0 Å². The highest BCUT2D eigenvalue weighted by Gasteiger charge is 2.56. The Morgan fingerprint density at radius 2 is 1.77 bits per heavy atom. The quantitative estimate of drug-likeness (QED) is 0.689. The van der Waals surface area contributed by atoms with E-state index in [4.69, 9.17) is 9.31 Å². The third kappa shape index (κ3) is 4.14. The second-order valence-electron chi connectivity index (χ2n) is 9.60. The van der Waals surface area contributed by atoms with Crippen LogP contribution in [0.1, 0.15) is 58.6 Å². The van der Waals surface area contributed by atoms with E-state index in [1.165, 1.54) is 0 Å². The van der Waals surface area contributed by atoms with Crippen LogP contribution in [0.5, 0.6) is 0 Å². The maximum atomic E-state index is 12.7. The number of ketones is 1. The molecule has 1 aromatic carbocycles. The summed E-state index contributed by atoms with van der Waals surface area (Å²) < 4.78 is 50.1. The number of hydrogen-bond acceptors (Lipinski definition) is 5. The molecule has 1 aliphatic carbocycles. The molecule has 1 amide bonds. The molecule has 1 unspecified atom stereocenters. The molecular formula is C21H25BF3NO4S. The molecule has 4 rings (SSSR count). The first-order chi connectivity index (χ1) is 14.2. The molecule has 10 heteroatoms. The van der Waals surface area contributed by atoms with Crippen LogP contribution in [0.2, 0.25) is 0 Å². The van der Waals surface area contributed by atoms with Crippen LogP contribution >= 0.6 is 11.8 Å². The van der Waals surface area contributed by atoms with Gasteiger partial charge in [-0.3, -0.25) is 9.59 Å². The normalized spacial score (nSPS) is 25.3. The van der Waals surface area contributed by atoms with E-state index in [2.05, 4.69) is 5.32 Å². The number of Topliss-reactive ketones (excluding diaryl/α,β-unsaturated/α-hetero) is 1. The standard InChI is InChI=1S/C21H25BF3NO4S/c1-18(2)19(3,4)30-22(29-18)12-5-6-13-14(11-31-15(13)9-12)26-17(28)20(7-8-20)10-16(27)21(23,24)25/h5-6,9,14H,7-8,10-11H2,1-4H3,(H,26,28). The van der Waals surface area contributed by atoms with E-state index in [0.29, 0.717) is 18.6 Å². The van der Waals surface area contributed by atoms with E-state index in [1.54, 1.807) is 11.8 Å². The van der Waals surface area contributed by atoms with Crippen LogP contribution in [0.4, 0.5) is 13.2 Å². The molecule has 2 heterocycles. The molecule has 1 atom stereocenters. The molecule has 168 valence electrons. The lowest BCUT2D eigenvalue weighted by atomic mass is 9.78. The number of carbonyl (C=O) groups is 2. The van der Waals surface area contributed by atoms with Crippen molar-refractivity contribution < 1.29 is 32.1 Å². The molecule has 5 nitrogen and oxygen atoms in total. The van der Waals surface area contributed by atoms with Crippen LogP contribution in [-0.2, 0) is 18.9 Å². The van der Waals surface area contributed by atoms with Gasteiger partial charge in [-0.05, 0) is 57.6 Å². The molecule has 2 aliphatic heterocycles. The lowest BCUT2D eigenvalue weighted by Gasteiger charge is -2.32. The zero-order chi connectivity index (χ0) is 22.8. The minimum atomic E-state index is -4.91. The summed E-state index contributed by atoms with van der Waals surface area (Å²) >= 11 is 1.57. The Kier molecular flexibility index (Phi) is 5.30. The van der Waals surface area contributed by atoms with E-state index in [-0.39, 0.29) is 6.04 Å². The first-order valence-corrected chi connectivity index (χ1v) is 11.3. The van der Waals surface area contributed by atoms with Gasteiger partial charge in [-0.1, -0.05) is 12.1 Å². The highest BCUT2D eigenvalue weighted by molar-refractivity contribution is 7.99. The number of alkyl halides is 3. The first kappa shape index (κ1) is 22.7. The van der Waals surface area contributed by atoms with Gasteiger partial charge in [0.2, 0.25) is 11.7 Å². The Labute approximate surface area is 184 Å². The molecule has 3 aliphatic rings. The minimum Gasteiger partial charge on any atom is -0.399 e. The highest BCUT2D eigenvalue weighted by atomic mass is 32.2. The Balaban J connectivity index is 1.44. The van der Waals surface area contributed by atoms with Crippen LogP contribution < -0.4 is 10.8 Å². The average Bonchev–Trinajstić information content (AvgIpc) is 3.27. The number of halogens is 3. The number of benzene rings is 1. The second kappa shape index (κ2) is 7.25. The summed E-state index contributed by atoms with van der Waals surface area (Å²) in [5, 5.41) is 2.87. The van der Waals surface area contributed by atoms with Gasteiger partial charge < -0.3 is 14.6 Å². The summed E-state index contributed by atoms with van der Waals surface area (Å²) in [5.74, 6) is -1.73. The van der Waals surface area contributed by atoms with Crippen molar-refractivity contribution >= 4 is 36.0 Å². The van der Waals surface area contributed by atoms with Gasteiger partial charge in [-0.15, -0.1) is 11.8 Å². The summed E-state index contributed by atoms with van der Waals surface area (Å²) in [7, 11) is -0.493. The molecule has 2 fully saturated rings. The lowest BCUT2D eigenvalue weighted by molar-refractivity contribution is -0.173. The number of rotatable bonds is 5. The van der Waals surface area contributed by atoms with Crippen LogP contribution in [0, 0.1) is 5.41 Å². The van der Waals surface area contributed by atoms with Gasteiger partial charge in [-0.25, -0.2) is 0 Å². The fourth-order valence-electron chi connectivity index (χ4n) is 3.83.